The van der Waals surface area contributed by atoms with Gasteiger partial charge in [-0.25, -0.2) is 0 Å². The zero-order valence-corrected chi connectivity index (χ0v) is 18.5. The number of hydrogen-bond acceptors (Lipinski definition) is 4. The molecule has 0 spiro atoms. The van der Waals surface area contributed by atoms with Gasteiger partial charge >= 0.3 is 6.18 Å². The lowest BCUT2D eigenvalue weighted by atomic mass is 9.85. The third-order valence-electron chi connectivity index (χ3n) is 5.25. The average molecular weight is 470 g/mol. The van der Waals surface area contributed by atoms with Crippen LogP contribution in [0, 0.1) is 0 Å². The average Bonchev–Trinajstić information content (AvgIpc) is 3.44. The Morgan fingerprint density at radius 1 is 1.19 bits per heavy atom. The number of nitrogens with one attached hydrogen (secondary N) is 2. The van der Waals surface area contributed by atoms with Crippen molar-refractivity contribution in [2.45, 2.75) is 57.2 Å². The Balaban J connectivity index is 1.69. The van der Waals surface area contributed by atoms with E-state index in [0.29, 0.717) is 16.1 Å². The van der Waals surface area contributed by atoms with E-state index in [9.17, 15) is 27.9 Å². The Morgan fingerprint density at radius 2 is 1.84 bits per heavy atom. The number of amides is 2. The highest BCUT2D eigenvalue weighted by atomic mass is 35.5. The molecule has 1 aromatic heterocycles. The highest BCUT2D eigenvalue weighted by Crippen LogP contribution is 2.49. The number of aromatic nitrogens is 1. The lowest BCUT2D eigenvalue weighted by molar-refractivity contribution is -0.163. The van der Waals surface area contributed by atoms with Crippen molar-refractivity contribution in [1.29, 1.82) is 0 Å². The van der Waals surface area contributed by atoms with Gasteiger partial charge in [0.2, 0.25) is 5.91 Å². The Kier molecular flexibility index (Phi) is 6.16. The molecule has 2 amide bonds. The summed E-state index contributed by atoms with van der Waals surface area (Å²) in [6.07, 6.45) is -3.84. The molecule has 32 heavy (non-hydrogen) atoms. The first-order valence-electron chi connectivity index (χ1n) is 9.89. The van der Waals surface area contributed by atoms with Gasteiger partial charge in [-0.2, -0.15) is 13.2 Å². The van der Waals surface area contributed by atoms with Crippen LogP contribution < -0.4 is 10.6 Å². The molecule has 1 aliphatic rings. The molecule has 3 N–H and O–H groups in total. The lowest BCUT2D eigenvalue weighted by Gasteiger charge is -2.21. The Labute approximate surface area is 188 Å². The predicted molar refractivity (Wildman–Crippen MR) is 114 cm³/mol. The first-order valence-corrected chi connectivity index (χ1v) is 10.3. The van der Waals surface area contributed by atoms with Crippen LogP contribution in [0.2, 0.25) is 5.02 Å². The van der Waals surface area contributed by atoms with Gasteiger partial charge in [-0.3, -0.25) is 14.6 Å². The quantitative estimate of drug-likeness (QED) is 0.589. The molecule has 10 heteroatoms. The summed E-state index contributed by atoms with van der Waals surface area (Å²) in [6, 6.07) is 5.65. The minimum atomic E-state index is -4.54. The van der Waals surface area contributed by atoms with Gasteiger partial charge < -0.3 is 15.7 Å². The first-order chi connectivity index (χ1) is 14.7. The summed E-state index contributed by atoms with van der Waals surface area (Å²) in [5.41, 5.74) is -1.55. The van der Waals surface area contributed by atoms with Gasteiger partial charge in [0.05, 0.1) is 6.42 Å². The molecule has 1 saturated carbocycles. The maximum Gasteiger partial charge on any atom is 0.411 e. The molecule has 1 aliphatic carbocycles. The number of carbonyl (C=O) groups is 2. The summed E-state index contributed by atoms with van der Waals surface area (Å²) in [7, 11) is 0. The number of rotatable bonds is 5. The van der Waals surface area contributed by atoms with Crippen LogP contribution in [0.1, 0.15) is 55.2 Å². The van der Waals surface area contributed by atoms with E-state index in [2.05, 4.69) is 10.3 Å². The highest BCUT2D eigenvalue weighted by molar-refractivity contribution is 6.31. The highest BCUT2D eigenvalue weighted by Gasteiger charge is 2.64. The summed E-state index contributed by atoms with van der Waals surface area (Å²) >= 11 is 6.28. The zero-order valence-electron chi connectivity index (χ0n) is 17.7. The molecule has 0 saturated heterocycles. The van der Waals surface area contributed by atoms with Crippen LogP contribution in [-0.4, -0.2) is 33.6 Å². The second kappa shape index (κ2) is 8.27. The van der Waals surface area contributed by atoms with Crippen LogP contribution in [0.25, 0.3) is 0 Å². The van der Waals surface area contributed by atoms with Gasteiger partial charge in [-0.15, -0.1) is 0 Å². The van der Waals surface area contributed by atoms with Crippen LogP contribution in [0.15, 0.2) is 30.5 Å². The molecule has 172 valence electrons. The maximum atomic E-state index is 13.1. The number of hydrogen-bond donors (Lipinski definition) is 3. The Hall–Kier alpha value is -2.81. The van der Waals surface area contributed by atoms with E-state index >= 15 is 0 Å². The topological polar surface area (TPSA) is 91.3 Å². The standard InChI is InChI=1S/C22H23ClF3N3O3/c1-20(2,3)14-11-15(23)12(8-17(14)30)9-18(31)28-13-4-7-27-16(10-13)19(32)29-21(5-6-21)22(24,25)26/h4,7-8,10-11,30H,5-6,9H2,1-3H3,(H,29,32)(H,27,28,31). The van der Waals surface area contributed by atoms with Crippen molar-refractivity contribution in [3.8, 4) is 5.75 Å². The number of alkyl halides is 3. The minimum absolute atomic E-state index is 0.0197. The van der Waals surface area contributed by atoms with E-state index < -0.39 is 23.5 Å². The van der Waals surface area contributed by atoms with Crippen LogP contribution in [0.5, 0.6) is 5.75 Å². The Morgan fingerprint density at radius 3 is 2.41 bits per heavy atom. The van der Waals surface area contributed by atoms with Crippen LogP contribution >= 0.6 is 11.6 Å². The van der Waals surface area contributed by atoms with Gasteiger partial charge in [0.15, 0.2) is 0 Å². The fraction of sp³-hybridized carbons (Fsp3) is 0.409. The smallest absolute Gasteiger partial charge is 0.411 e. The third kappa shape index (κ3) is 5.15. The molecule has 1 fully saturated rings. The molecular weight excluding hydrogens is 447 g/mol. The van der Waals surface area contributed by atoms with Crippen molar-refractivity contribution < 1.29 is 27.9 Å². The molecule has 0 unspecified atom stereocenters. The molecule has 3 rings (SSSR count). The molecule has 0 bridgehead atoms. The van der Waals surface area contributed by atoms with Crippen molar-refractivity contribution in [2.75, 3.05) is 5.32 Å². The minimum Gasteiger partial charge on any atom is -0.508 e. The number of pyridine rings is 1. The lowest BCUT2D eigenvalue weighted by Crippen LogP contribution is -2.48. The number of aromatic hydroxyl groups is 1. The van der Waals surface area contributed by atoms with E-state index in [0.717, 1.165) is 0 Å². The van der Waals surface area contributed by atoms with Crippen molar-refractivity contribution in [3.63, 3.8) is 0 Å². The van der Waals surface area contributed by atoms with Crippen molar-refractivity contribution in [3.05, 3.63) is 52.3 Å². The second-order valence-electron chi connectivity index (χ2n) is 8.90. The van der Waals surface area contributed by atoms with Crippen LogP contribution in [-0.2, 0) is 16.6 Å². The maximum absolute atomic E-state index is 13.1. The largest absolute Gasteiger partial charge is 0.508 e. The summed E-state index contributed by atoms with van der Waals surface area (Å²) in [6.45, 7) is 5.76. The molecule has 0 radical (unpaired) electrons. The number of nitrogens with zero attached hydrogens (tertiary/aromatic N) is 1. The summed E-state index contributed by atoms with van der Waals surface area (Å²) < 4.78 is 39.2. The molecule has 2 aromatic rings. The van der Waals surface area contributed by atoms with E-state index in [1.165, 1.54) is 24.4 Å². The summed E-state index contributed by atoms with van der Waals surface area (Å²) in [5, 5.41) is 15.2. The molecule has 1 heterocycles. The molecule has 0 atom stereocenters. The number of benzene rings is 1. The molecular formula is C22H23ClF3N3O3. The van der Waals surface area contributed by atoms with E-state index in [-0.39, 0.29) is 41.8 Å². The van der Waals surface area contributed by atoms with Crippen LogP contribution in [0.4, 0.5) is 18.9 Å². The molecule has 6 nitrogen and oxygen atoms in total. The van der Waals surface area contributed by atoms with E-state index in [1.807, 2.05) is 26.1 Å². The third-order valence-corrected chi connectivity index (χ3v) is 5.60. The van der Waals surface area contributed by atoms with Gasteiger partial charge in [-0.1, -0.05) is 32.4 Å². The van der Waals surface area contributed by atoms with E-state index in [1.54, 1.807) is 6.07 Å². The summed E-state index contributed by atoms with van der Waals surface area (Å²) in [5.74, 6) is -1.44. The predicted octanol–water partition coefficient (Wildman–Crippen LogP) is 4.74. The number of carbonyl (C=O) groups excluding carboxylic acids is 2. The zero-order chi connectivity index (χ0) is 23.9. The van der Waals surface area contributed by atoms with E-state index in [4.69, 9.17) is 11.6 Å². The Bertz CT molecular complexity index is 1060. The first kappa shape index (κ1) is 23.8. The number of halogens is 4. The van der Waals surface area contributed by atoms with Gasteiger partial charge in [-0.05, 0) is 48.1 Å². The van der Waals surface area contributed by atoms with Crippen molar-refractivity contribution in [1.82, 2.24) is 10.3 Å². The van der Waals surface area contributed by atoms with Crippen molar-refractivity contribution in [2.24, 2.45) is 0 Å². The fourth-order valence-corrected chi connectivity index (χ4v) is 3.47. The van der Waals surface area contributed by atoms with Gasteiger partial charge in [0, 0.05) is 22.5 Å². The SMILES string of the molecule is CC(C)(C)c1cc(Cl)c(CC(=O)Nc2ccnc(C(=O)NC3(C(F)(F)F)CC3)c2)cc1O. The van der Waals surface area contributed by atoms with Crippen LogP contribution in [0.3, 0.4) is 0 Å². The second-order valence-corrected chi connectivity index (χ2v) is 9.31. The fourth-order valence-electron chi connectivity index (χ4n) is 3.24. The van der Waals surface area contributed by atoms with Gasteiger partial charge in [0.25, 0.3) is 5.91 Å². The monoisotopic (exact) mass is 469 g/mol. The number of anilines is 1. The van der Waals surface area contributed by atoms with Gasteiger partial charge in [0.1, 0.15) is 17.0 Å². The molecule has 0 aliphatic heterocycles. The number of phenolic OH excluding ortho intramolecular Hbond substituents is 1. The van der Waals surface area contributed by atoms with Crippen molar-refractivity contribution >= 4 is 29.1 Å². The summed E-state index contributed by atoms with van der Waals surface area (Å²) in [4.78, 5) is 28.5. The normalized spacial score (nSPS) is 15.2. The number of phenols is 1. The molecule has 1 aromatic carbocycles.